The number of carbonyl (C=O) groups is 1. The van der Waals surface area contributed by atoms with Crippen LogP contribution in [0, 0.1) is 6.92 Å². The van der Waals surface area contributed by atoms with E-state index in [-0.39, 0.29) is 23.1 Å². The van der Waals surface area contributed by atoms with Gasteiger partial charge in [0, 0.05) is 18.4 Å². The van der Waals surface area contributed by atoms with Crippen LogP contribution >= 0.6 is 0 Å². The van der Waals surface area contributed by atoms with Crippen LogP contribution in [0.1, 0.15) is 52.3 Å². The Morgan fingerprint density at radius 1 is 1.25 bits per heavy atom. The van der Waals surface area contributed by atoms with Gasteiger partial charge in [-0.3, -0.25) is 24.2 Å². The van der Waals surface area contributed by atoms with Crippen LogP contribution in [0.3, 0.4) is 0 Å². The lowest BCUT2D eigenvalue weighted by atomic mass is 10.1. The third-order valence-electron chi connectivity index (χ3n) is 5.25. The highest BCUT2D eigenvalue weighted by molar-refractivity contribution is 6.05. The summed E-state index contributed by atoms with van der Waals surface area (Å²) in [6, 6.07) is 1.56. The number of hydrogen-bond acceptors (Lipinski definition) is 5. The molecule has 0 atom stereocenters. The van der Waals surface area contributed by atoms with E-state index in [1.807, 2.05) is 0 Å². The fourth-order valence-electron chi connectivity index (χ4n) is 3.77. The van der Waals surface area contributed by atoms with Gasteiger partial charge in [0.05, 0.1) is 23.2 Å². The van der Waals surface area contributed by atoms with Gasteiger partial charge in [-0.2, -0.15) is 5.10 Å². The van der Waals surface area contributed by atoms with Crippen molar-refractivity contribution in [2.45, 2.75) is 45.6 Å². The smallest absolute Gasteiger partial charge is 0.329 e. The molecule has 3 heterocycles. The molecular formula is C19H22N6O3. The normalized spacial score (nSPS) is 13.9. The molecule has 1 aliphatic rings. The Bertz CT molecular complexity index is 1190. The number of aromatic amines is 2. The molecule has 0 unspecified atom stereocenters. The summed E-state index contributed by atoms with van der Waals surface area (Å²) in [5.74, 6) is -0.398. The van der Waals surface area contributed by atoms with E-state index in [1.165, 1.54) is 23.6 Å². The second kappa shape index (κ2) is 7.06. The predicted octanol–water partition coefficient (Wildman–Crippen LogP) is 0.852. The Balaban J connectivity index is 1.67. The van der Waals surface area contributed by atoms with Gasteiger partial charge < -0.3 is 5.32 Å². The van der Waals surface area contributed by atoms with Crippen molar-refractivity contribution >= 4 is 16.9 Å². The highest BCUT2D eigenvalue weighted by Gasteiger charge is 2.20. The lowest BCUT2D eigenvalue weighted by Gasteiger charge is -2.10. The third-order valence-corrected chi connectivity index (χ3v) is 5.25. The number of aryl methyl sites for hydroxylation is 3. The molecule has 3 N–H and O–H groups in total. The molecule has 0 fully saturated rings. The maximum atomic E-state index is 12.9. The highest BCUT2D eigenvalue weighted by atomic mass is 16.2. The number of nitrogens with zero attached hydrogens (tertiary/aromatic N) is 3. The Kier molecular flexibility index (Phi) is 4.58. The van der Waals surface area contributed by atoms with E-state index < -0.39 is 17.2 Å². The Hall–Kier alpha value is -3.23. The molecule has 1 aliphatic carbocycles. The van der Waals surface area contributed by atoms with Crippen LogP contribution < -0.4 is 16.6 Å². The van der Waals surface area contributed by atoms with Crippen LogP contribution in [0.2, 0.25) is 0 Å². The van der Waals surface area contributed by atoms with Crippen LogP contribution in [-0.2, 0) is 26.4 Å². The molecule has 1 amide bonds. The molecule has 0 saturated carbocycles. The van der Waals surface area contributed by atoms with Crippen LogP contribution in [0.5, 0.6) is 0 Å². The molecule has 0 spiro atoms. The molecule has 0 aromatic carbocycles. The van der Waals surface area contributed by atoms with Gasteiger partial charge in [-0.1, -0.05) is 6.42 Å². The molecule has 0 saturated heterocycles. The van der Waals surface area contributed by atoms with Crippen molar-refractivity contribution in [1.29, 1.82) is 0 Å². The van der Waals surface area contributed by atoms with E-state index in [4.69, 9.17) is 0 Å². The summed E-state index contributed by atoms with van der Waals surface area (Å²) < 4.78 is 1.23. The van der Waals surface area contributed by atoms with Gasteiger partial charge >= 0.3 is 5.69 Å². The molecule has 3 aromatic heterocycles. The lowest BCUT2D eigenvalue weighted by molar-refractivity contribution is 0.0951. The topological polar surface area (TPSA) is 126 Å². The summed E-state index contributed by atoms with van der Waals surface area (Å²) in [5.41, 5.74) is 2.92. The van der Waals surface area contributed by atoms with Crippen molar-refractivity contribution < 1.29 is 4.79 Å². The van der Waals surface area contributed by atoms with E-state index in [1.54, 1.807) is 13.0 Å². The molecular weight excluding hydrogens is 360 g/mol. The maximum absolute atomic E-state index is 12.9. The van der Waals surface area contributed by atoms with Crippen molar-refractivity contribution in [3.8, 4) is 0 Å². The van der Waals surface area contributed by atoms with E-state index in [0.29, 0.717) is 5.69 Å². The summed E-state index contributed by atoms with van der Waals surface area (Å²) in [7, 11) is 1.51. The van der Waals surface area contributed by atoms with Crippen molar-refractivity contribution in [2.75, 3.05) is 0 Å². The number of fused-ring (bicyclic) bond motifs is 2. The number of H-pyrrole nitrogens is 2. The summed E-state index contributed by atoms with van der Waals surface area (Å²) >= 11 is 0. The van der Waals surface area contributed by atoms with Crippen molar-refractivity contribution in [3.63, 3.8) is 0 Å². The molecule has 0 aliphatic heterocycles. The van der Waals surface area contributed by atoms with Crippen molar-refractivity contribution in [3.05, 3.63) is 55.1 Å². The molecule has 146 valence electrons. The second-order valence-electron chi connectivity index (χ2n) is 7.20. The zero-order valence-corrected chi connectivity index (χ0v) is 15.9. The number of amides is 1. The number of pyridine rings is 1. The van der Waals surface area contributed by atoms with Crippen molar-refractivity contribution in [2.24, 2.45) is 7.05 Å². The molecule has 0 radical (unpaired) electrons. The first-order valence-corrected chi connectivity index (χ1v) is 9.39. The van der Waals surface area contributed by atoms with Crippen LogP contribution in [0.15, 0.2) is 15.7 Å². The summed E-state index contributed by atoms with van der Waals surface area (Å²) in [6.45, 7) is 1.99. The van der Waals surface area contributed by atoms with Gasteiger partial charge in [0.2, 0.25) is 0 Å². The largest absolute Gasteiger partial charge is 0.346 e. The first-order chi connectivity index (χ1) is 13.5. The Morgan fingerprint density at radius 2 is 2.04 bits per heavy atom. The van der Waals surface area contributed by atoms with Crippen LogP contribution in [0.25, 0.3) is 11.0 Å². The SMILES string of the molecule is Cc1cc(C(=O)NCc2n[nH]c3c2CCCCC3)c2c(=O)[nH]c(=O)n(C)c2n1. The third kappa shape index (κ3) is 3.12. The average molecular weight is 382 g/mol. The minimum absolute atomic E-state index is 0.103. The average Bonchev–Trinajstić information content (AvgIpc) is 2.89. The van der Waals surface area contributed by atoms with Crippen LogP contribution in [-0.4, -0.2) is 30.6 Å². The highest BCUT2D eigenvalue weighted by Crippen LogP contribution is 2.21. The van der Waals surface area contributed by atoms with Gasteiger partial charge in [0.1, 0.15) is 5.65 Å². The first-order valence-electron chi connectivity index (χ1n) is 9.39. The van der Waals surface area contributed by atoms with Gasteiger partial charge in [-0.15, -0.1) is 0 Å². The van der Waals surface area contributed by atoms with Crippen molar-refractivity contribution in [1.82, 2.24) is 30.0 Å². The monoisotopic (exact) mass is 382 g/mol. The summed E-state index contributed by atoms with van der Waals surface area (Å²) in [5, 5.41) is 10.4. The molecule has 4 rings (SSSR count). The van der Waals surface area contributed by atoms with Gasteiger partial charge in [0.25, 0.3) is 11.5 Å². The Morgan fingerprint density at radius 3 is 2.86 bits per heavy atom. The number of nitrogens with one attached hydrogen (secondary N) is 3. The number of aromatic nitrogens is 5. The van der Waals surface area contributed by atoms with Crippen LogP contribution in [0.4, 0.5) is 0 Å². The zero-order chi connectivity index (χ0) is 19.8. The first kappa shape index (κ1) is 18.1. The summed E-state index contributed by atoms with van der Waals surface area (Å²) in [6.07, 6.45) is 5.39. The molecule has 3 aromatic rings. The predicted molar refractivity (Wildman–Crippen MR) is 103 cm³/mol. The van der Waals surface area contributed by atoms with Gasteiger partial charge in [-0.05, 0) is 44.2 Å². The minimum atomic E-state index is -0.621. The second-order valence-corrected chi connectivity index (χ2v) is 7.20. The fraction of sp³-hybridized carbons (Fsp3) is 0.421. The molecule has 9 heteroatoms. The minimum Gasteiger partial charge on any atom is -0.346 e. The maximum Gasteiger partial charge on any atom is 0.329 e. The Labute approximate surface area is 160 Å². The number of rotatable bonds is 3. The van der Waals surface area contributed by atoms with E-state index >= 15 is 0 Å². The zero-order valence-electron chi connectivity index (χ0n) is 15.9. The molecule has 9 nitrogen and oxygen atoms in total. The molecule has 28 heavy (non-hydrogen) atoms. The lowest BCUT2D eigenvalue weighted by Crippen LogP contribution is -2.32. The summed E-state index contributed by atoms with van der Waals surface area (Å²) in [4.78, 5) is 43.6. The van der Waals surface area contributed by atoms with Gasteiger partial charge in [0.15, 0.2) is 0 Å². The van der Waals surface area contributed by atoms with Gasteiger partial charge in [-0.25, -0.2) is 9.78 Å². The fourth-order valence-corrected chi connectivity index (χ4v) is 3.77. The van der Waals surface area contributed by atoms with E-state index in [0.717, 1.165) is 37.1 Å². The number of hydrogen-bond donors (Lipinski definition) is 3. The quantitative estimate of drug-likeness (QED) is 0.579. The molecule has 0 bridgehead atoms. The number of carbonyl (C=O) groups excluding carboxylic acids is 1. The van der Waals surface area contributed by atoms with E-state index in [9.17, 15) is 14.4 Å². The van der Waals surface area contributed by atoms with E-state index in [2.05, 4.69) is 25.5 Å². The standard InChI is InChI=1S/C19H22N6O3/c1-10-8-12(15-16(21-10)25(2)19(28)22-18(15)27)17(26)20-9-14-11-6-4-3-5-7-13(11)23-24-14/h8H,3-7,9H2,1-2H3,(H,20,26)(H,23,24)(H,22,27,28).